The van der Waals surface area contributed by atoms with Gasteiger partial charge < -0.3 is 11.5 Å². The van der Waals surface area contributed by atoms with Crippen molar-refractivity contribution in [3.05, 3.63) is 11.5 Å². The van der Waals surface area contributed by atoms with E-state index in [1.807, 2.05) is 0 Å². The molecule has 0 radical (unpaired) electrons. The number of hydrogen-bond donors (Lipinski definition) is 0. The van der Waals surface area contributed by atoms with E-state index >= 15 is 0 Å². The molecule has 0 atom stereocenters. The third-order valence-corrected chi connectivity index (χ3v) is 2.06. The Morgan fingerprint density at radius 2 is 0.875 bits per heavy atom. The number of rotatable bonds is 8. The van der Waals surface area contributed by atoms with Crippen LogP contribution in [0.2, 0.25) is 0 Å². The fourth-order valence-corrected chi connectivity index (χ4v) is 1.10. The molecule has 16 heavy (non-hydrogen) atoms. The summed E-state index contributed by atoms with van der Waals surface area (Å²) in [6.45, 7) is 5.59. The molecule has 2 N–H and O–H groups in total. The molecule has 0 saturated heterocycles. The molecule has 0 fully saturated rings. The van der Waals surface area contributed by atoms with E-state index in [-0.39, 0.29) is 37.7 Å². The van der Waals surface area contributed by atoms with Gasteiger partial charge in [0.05, 0.1) is 0 Å². The van der Waals surface area contributed by atoms with E-state index in [0.717, 1.165) is 12.8 Å². The Kier molecular flexibility index (Phi) is 48.1. The summed E-state index contributed by atoms with van der Waals surface area (Å²) in [5, 5.41) is 0. The van der Waals surface area contributed by atoms with Crippen molar-refractivity contribution < 1.29 is 37.7 Å². The predicted molar refractivity (Wildman–Crippen MR) is 66.7 cm³/mol. The summed E-state index contributed by atoms with van der Waals surface area (Å²) in [7, 11) is 0. The molecule has 0 aliphatic carbocycles. The van der Waals surface area contributed by atoms with Crippen molar-refractivity contribution >= 4 is 0 Å². The maximum Gasteiger partial charge on any atom is 1.00 e. The van der Waals surface area contributed by atoms with Crippen LogP contribution in [0, 0.1) is 0 Å². The van der Waals surface area contributed by atoms with Gasteiger partial charge in [-0.25, -0.2) is 0 Å². The third kappa shape index (κ3) is 36.2. The molecular formula is C12H28Li2N2. The minimum absolute atomic E-state index is 0. The van der Waals surface area contributed by atoms with E-state index in [2.05, 4.69) is 13.8 Å². The van der Waals surface area contributed by atoms with Crippen LogP contribution in [0.25, 0.3) is 11.5 Å². The van der Waals surface area contributed by atoms with E-state index < -0.39 is 0 Å². The molecule has 0 unspecified atom stereocenters. The molecule has 0 aliphatic heterocycles. The van der Waals surface area contributed by atoms with Gasteiger partial charge in [0.2, 0.25) is 0 Å². The van der Waals surface area contributed by atoms with Gasteiger partial charge in [0.15, 0.2) is 0 Å². The molecular weight excluding hydrogens is 186 g/mol. The van der Waals surface area contributed by atoms with E-state index in [1.165, 1.54) is 38.5 Å². The van der Waals surface area contributed by atoms with Gasteiger partial charge in [-0.1, -0.05) is 65.2 Å². The Labute approximate surface area is 127 Å². The van der Waals surface area contributed by atoms with Crippen molar-refractivity contribution in [3.63, 3.8) is 0 Å². The summed E-state index contributed by atoms with van der Waals surface area (Å²) in [5.74, 6) is 0. The predicted octanol–water partition coefficient (Wildman–Crippen LogP) is -0.754. The van der Waals surface area contributed by atoms with Crippen LogP contribution in [-0.4, -0.2) is 13.1 Å². The quantitative estimate of drug-likeness (QED) is 0.377. The second-order valence-electron chi connectivity index (χ2n) is 3.62. The van der Waals surface area contributed by atoms with Crippen molar-refractivity contribution in [2.24, 2.45) is 0 Å². The largest absolute Gasteiger partial charge is 1.00 e. The molecule has 0 rings (SSSR count). The molecule has 0 aliphatic rings. The average Bonchev–Trinajstić information content (AvgIpc) is 2.21. The van der Waals surface area contributed by atoms with E-state index in [0.29, 0.717) is 13.1 Å². The molecule has 0 heterocycles. The van der Waals surface area contributed by atoms with Crippen molar-refractivity contribution in [1.29, 1.82) is 0 Å². The molecule has 0 aromatic carbocycles. The zero-order chi connectivity index (χ0) is 11.1. The van der Waals surface area contributed by atoms with Crippen molar-refractivity contribution in [2.45, 2.75) is 65.2 Å². The van der Waals surface area contributed by atoms with Crippen molar-refractivity contribution in [3.8, 4) is 0 Å². The van der Waals surface area contributed by atoms with Crippen molar-refractivity contribution in [1.82, 2.24) is 0 Å². The minimum atomic E-state index is 0. The topological polar surface area (TPSA) is 47.6 Å². The van der Waals surface area contributed by atoms with Crippen LogP contribution in [0.15, 0.2) is 0 Å². The Morgan fingerprint density at radius 1 is 0.562 bits per heavy atom. The SMILES string of the molecule is CCCCCC[NH-].CCCCCC[NH-].[Li+].[Li+]. The smallest absolute Gasteiger partial charge is 0.677 e. The molecule has 0 aromatic heterocycles. The zero-order valence-electron chi connectivity index (χ0n) is 12.1. The fraction of sp³-hybridized carbons (Fsp3) is 1.00. The Hall–Kier alpha value is 1.11. The first-order chi connectivity index (χ1) is 6.83. The van der Waals surface area contributed by atoms with Gasteiger partial charge in [0.25, 0.3) is 0 Å². The summed E-state index contributed by atoms with van der Waals surface area (Å²) < 4.78 is 0. The standard InChI is InChI=1S/2C6H14N.2Li/c2*1-2-3-4-5-6-7;;/h2*7H,2-6H2,1H3;;/q2*-1;2*+1. The summed E-state index contributed by atoms with van der Waals surface area (Å²) >= 11 is 0. The summed E-state index contributed by atoms with van der Waals surface area (Å²) in [6, 6.07) is 0. The van der Waals surface area contributed by atoms with E-state index in [1.54, 1.807) is 0 Å². The van der Waals surface area contributed by atoms with Gasteiger partial charge >= 0.3 is 37.7 Å². The van der Waals surface area contributed by atoms with Crippen LogP contribution < -0.4 is 37.7 Å². The van der Waals surface area contributed by atoms with Gasteiger partial charge in [-0.3, -0.25) is 0 Å². The van der Waals surface area contributed by atoms with Gasteiger partial charge in [0.1, 0.15) is 0 Å². The van der Waals surface area contributed by atoms with Gasteiger partial charge in [-0.2, -0.15) is 13.1 Å². The first-order valence-corrected chi connectivity index (χ1v) is 6.12. The van der Waals surface area contributed by atoms with Crippen molar-refractivity contribution in [2.75, 3.05) is 13.1 Å². The Morgan fingerprint density at radius 3 is 1.06 bits per heavy atom. The molecule has 0 amide bonds. The zero-order valence-corrected chi connectivity index (χ0v) is 12.1. The molecule has 88 valence electrons. The first-order valence-electron chi connectivity index (χ1n) is 6.12. The van der Waals surface area contributed by atoms with E-state index in [4.69, 9.17) is 11.5 Å². The molecule has 0 saturated carbocycles. The third-order valence-electron chi connectivity index (χ3n) is 2.06. The van der Waals surface area contributed by atoms with Crippen LogP contribution in [-0.2, 0) is 0 Å². The fourth-order valence-electron chi connectivity index (χ4n) is 1.10. The van der Waals surface area contributed by atoms with Gasteiger partial charge in [-0.05, 0) is 0 Å². The molecule has 2 nitrogen and oxygen atoms in total. The van der Waals surface area contributed by atoms with Gasteiger partial charge in [-0.15, -0.1) is 0 Å². The van der Waals surface area contributed by atoms with Crippen LogP contribution in [0.4, 0.5) is 0 Å². The average molecular weight is 214 g/mol. The Bertz CT molecular complexity index is 65.4. The van der Waals surface area contributed by atoms with Crippen LogP contribution in [0.5, 0.6) is 0 Å². The summed E-state index contributed by atoms with van der Waals surface area (Å²) in [6.07, 6.45) is 9.85. The van der Waals surface area contributed by atoms with Crippen LogP contribution in [0.1, 0.15) is 65.2 Å². The Balaban J connectivity index is -0.0000000800. The number of nitrogens with one attached hydrogen (secondary N) is 2. The molecule has 0 bridgehead atoms. The maximum absolute atomic E-state index is 6.78. The maximum atomic E-state index is 6.78. The van der Waals surface area contributed by atoms with Crippen LogP contribution in [0.3, 0.4) is 0 Å². The minimum Gasteiger partial charge on any atom is -0.677 e. The first kappa shape index (κ1) is 25.8. The second kappa shape index (κ2) is 29.8. The van der Waals surface area contributed by atoms with Crippen LogP contribution >= 0.6 is 0 Å². The normalized spacial score (nSPS) is 8.25. The van der Waals surface area contributed by atoms with Gasteiger partial charge in [0, 0.05) is 0 Å². The number of hydrogen-bond acceptors (Lipinski definition) is 0. The molecule has 0 aromatic rings. The molecule has 0 spiro atoms. The second-order valence-corrected chi connectivity index (χ2v) is 3.62. The van der Waals surface area contributed by atoms with E-state index in [9.17, 15) is 0 Å². The summed E-state index contributed by atoms with van der Waals surface area (Å²) in [4.78, 5) is 0. The number of unbranched alkanes of at least 4 members (excludes halogenated alkanes) is 6. The summed E-state index contributed by atoms with van der Waals surface area (Å²) in [5.41, 5.74) is 13.6. The monoisotopic (exact) mass is 214 g/mol. The molecule has 4 heteroatoms.